The summed E-state index contributed by atoms with van der Waals surface area (Å²) in [7, 11) is -0.862. The van der Waals surface area contributed by atoms with Gasteiger partial charge in [0.15, 0.2) is 11.6 Å². The zero-order chi connectivity index (χ0) is 14.7. The third-order valence-corrected chi connectivity index (χ3v) is 4.11. The lowest BCUT2D eigenvalue weighted by Crippen LogP contribution is -2.41. The minimum Gasteiger partial charge on any atom is -0.399 e. The van der Waals surface area contributed by atoms with Gasteiger partial charge in [0.2, 0.25) is 0 Å². The lowest BCUT2D eigenvalue weighted by Gasteiger charge is -2.32. The van der Waals surface area contributed by atoms with E-state index in [0.29, 0.717) is 0 Å². The van der Waals surface area contributed by atoms with Gasteiger partial charge < -0.3 is 9.31 Å². The van der Waals surface area contributed by atoms with Crippen molar-refractivity contribution in [2.75, 3.05) is 0 Å². The second kappa shape index (κ2) is 4.02. The minimum absolute atomic E-state index is 0.176. The van der Waals surface area contributed by atoms with Crippen LogP contribution in [0.1, 0.15) is 27.7 Å². The van der Waals surface area contributed by atoms with Gasteiger partial charge in [-0.15, -0.1) is 0 Å². The summed E-state index contributed by atoms with van der Waals surface area (Å²) in [6.45, 7) is 7.51. The Morgan fingerprint density at radius 1 is 1.15 bits per heavy atom. The molecule has 0 bridgehead atoms. The molecule has 2 aromatic rings. The number of hydrogen-bond donors (Lipinski definition) is 0. The lowest BCUT2D eigenvalue weighted by atomic mass is 9.79. The molecule has 0 aliphatic carbocycles. The molecule has 4 nitrogen and oxygen atoms in total. The highest BCUT2D eigenvalue weighted by molar-refractivity contribution is 6.62. The molecule has 1 aliphatic heterocycles. The number of nitrogens with zero attached hydrogens (tertiary/aromatic N) is 2. The first-order valence-electron chi connectivity index (χ1n) is 6.40. The van der Waals surface area contributed by atoms with Crippen molar-refractivity contribution >= 4 is 18.1 Å². The first-order valence-corrected chi connectivity index (χ1v) is 6.40. The van der Waals surface area contributed by atoms with Crippen LogP contribution in [0.25, 0.3) is 5.52 Å². The molecule has 106 valence electrons. The van der Waals surface area contributed by atoms with E-state index in [0.717, 1.165) is 10.7 Å². The Labute approximate surface area is 115 Å². The van der Waals surface area contributed by atoms with Crippen LogP contribution in [-0.2, 0) is 9.31 Å². The van der Waals surface area contributed by atoms with Crippen LogP contribution in [0.2, 0.25) is 0 Å². The smallest absolute Gasteiger partial charge is 0.399 e. The maximum atomic E-state index is 14.5. The topological polar surface area (TPSA) is 35.8 Å². The molecule has 0 atom stereocenters. The van der Waals surface area contributed by atoms with Crippen LogP contribution in [0.15, 0.2) is 18.5 Å². The Hall–Kier alpha value is -1.47. The predicted molar refractivity (Wildman–Crippen MR) is 70.8 cm³/mol. The Balaban J connectivity index is 2.08. The second-order valence-electron chi connectivity index (χ2n) is 5.96. The Bertz CT molecular complexity index is 668. The molecule has 1 aliphatic rings. The molecule has 0 aromatic carbocycles. The summed E-state index contributed by atoms with van der Waals surface area (Å²) >= 11 is 0. The van der Waals surface area contributed by atoms with E-state index in [2.05, 4.69) is 5.10 Å². The first kappa shape index (κ1) is 13.5. The van der Waals surface area contributed by atoms with Crippen LogP contribution in [0.5, 0.6) is 0 Å². The molecule has 7 heteroatoms. The van der Waals surface area contributed by atoms with Crippen molar-refractivity contribution in [3.63, 3.8) is 0 Å². The van der Waals surface area contributed by atoms with Gasteiger partial charge in [-0.1, -0.05) is 0 Å². The molecule has 0 saturated carbocycles. The van der Waals surface area contributed by atoms with Gasteiger partial charge in [-0.05, 0) is 33.8 Å². The largest absolute Gasteiger partial charge is 0.497 e. The van der Waals surface area contributed by atoms with E-state index in [9.17, 15) is 8.78 Å². The standard InChI is InChI=1S/C13H15BF2N2O2/c1-12(2)13(3,4)20-14(19-12)8-5-6-18-11(10(8)16)9(15)7-17-18/h5-7H,1-4H3. The monoisotopic (exact) mass is 280 g/mol. The van der Waals surface area contributed by atoms with Crippen LogP contribution in [0, 0.1) is 11.6 Å². The van der Waals surface area contributed by atoms with Gasteiger partial charge in [0.1, 0.15) is 5.52 Å². The Morgan fingerprint density at radius 3 is 2.35 bits per heavy atom. The molecule has 0 radical (unpaired) electrons. The number of fused-ring (bicyclic) bond motifs is 1. The molecular weight excluding hydrogens is 265 g/mol. The molecular formula is C13H15BF2N2O2. The highest BCUT2D eigenvalue weighted by Gasteiger charge is 2.52. The quantitative estimate of drug-likeness (QED) is 0.749. The van der Waals surface area contributed by atoms with Crippen LogP contribution >= 0.6 is 0 Å². The van der Waals surface area contributed by atoms with E-state index in [-0.39, 0.29) is 11.0 Å². The van der Waals surface area contributed by atoms with Crippen molar-refractivity contribution in [1.29, 1.82) is 0 Å². The van der Waals surface area contributed by atoms with Crippen LogP contribution in [-0.4, -0.2) is 27.9 Å². The summed E-state index contributed by atoms with van der Waals surface area (Å²) in [5.74, 6) is -1.41. The second-order valence-corrected chi connectivity index (χ2v) is 5.96. The normalized spacial score (nSPS) is 20.8. The van der Waals surface area contributed by atoms with Crippen LogP contribution in [0.3, 0.4) is 0 Å². The van der Waals surface area contributed by atoms with Crippen LogP contribution < -0.4 is 5.46 Å². The molecule has 20 heavy (non-hydrogen) atoms. The molecule has 0 unspecified atom stereocenters. The zero-order valence-corrected chi connectivity index (χ0v) is 11.8. The molecule has 0 spiro atoms. The fourth-order valence-corrected chi connectivity index (χ4v) is 2.17. The van der Waals surface area contributed by atoms with Crippen molar-refractivity contribution < 1.29 is 18.1 Å². The fraction of sp³-hybridized carbons (Fsp3) is 0.462. The summed E-state index contributed by atoms with van der Waals surface area (Å²) in [5.41, 5.74) is -1.17. The third-order valence-electron chi connectivity index (χ3n) is 4.11. The fourth-order valence-electron chi connectivity index (χ4n) is 2.17. The van der Waals surface area contributed by atoms with E-state index in [1.54, 1.807) is 0 Å². The highest BCUT2D eigenvalue weighted by Crippen LogP contribution is 2.36. The van der Waals surface area contributed by atoms with Gasteiger partial charge in [0.05, 0.1) is 17.4 Å². The molecule has 1 fully saturated rings. The van der Waals surface area contributed by atoms with Gasteiger partial charge in [-0.3, -0.25) is 0 Å². The molecule has 0 amide bonds. The number of halogens is 2. The maximum absolute atomic E-state index is 14.5. The molecule has 3 heterocycles. The van der Waals surface area contributed by atoms with Crippen molar-refractivity contribution in [3.05, 3.63) is 30.1 Å². The summed E-state index contributed by atoms with van der Waals surface area (Å²) in [4.78, 5) is 0. The summed E-state index contributed by atoms with van der Waals surface area (Å²) in [5, 5.41) is 3.72. The lowest BCUT2D eigenvalue weighted by molar-refractivity contribution is 0.00578. The van der Waals surface area contributed by atoms with Crippen LogP contribution in [0.4, 0.5) is 8.78 Å². The number of pyridine rings is 1. The van der Waals surface area contributed by atoms with E-state index in [4.69, 9.17) is 9.31 Å². The summed E-state index contributed by atoms with van der Waals surface area (Å²) < 4.78 is 40.7. The maximum Gasteiger partial charge on any atom is 0.497 e. The zero-order valence-electron chi connectivity index (χ0n) is 11.8. The number of aromatic nitrogens is 2. The Morgan fingerprint density at radius 2 is 1.75 bits per heavy atom. The van der Waals surface area contributed by atoms with E-state index >= 15 is 0 Å². The predicted octanol–water partition coefficient (Wildman–Crippen LogP) is 1.91. The molecule has 1 saturated heterocycles. The SMILES string of the molecule is CC1(C)OB(c2ccn3ncc(F)c3c2F)OC1(C)C. The Kier molecular flexibility index (Phi) is 2.72. The number of hydrogen-bond acceptors (Lipinski definition) is 3. The van der Waals surface area contributed by atoms with E-state index in [1.807, 2.05) is 27.7 Å². The van der Waals surface area contributed by atoms with Crippen molar-refractivity contribution in [3.8, 4) is 0 Å². The molecule has 0 N–H and O–H groups in total. The van der Waals surface area contributed by atoms with E-state index in [1.165, 1.54) is 12.3 Å². The van der Waals surface area contributed by atoms with Gasteiger partial charge in [0, 0.05) is 11.7 Å². The first-order chi connectivity index (χ1) is 9.23. The van der Waals surface area contributed by atoms with Crippen molar-refractivity contribution in [2.24, 2.45) is 0 Å². The minimum atomic E-state index is -0.862. The average molecular weight is 280 g/mol. The highest BCUT2D eigenvalue weighted by atomic mass is 19.1. The third kappa shape index (κ3) is 1.77. The summed E-state index contributed by atoms with van der Waals surface area (Å²) in [6, 6.07) is 1.50. The number of rotatable bonds is 1. The summed E-state index contributed by atoms with van der Waals surface area (Å²) in [6.07, 6.45) is 2.47. The van der Waals surface area contributed by atoms with E-state index < -0.39 is 30.0 Å². The van der Waals surface area contributed by atoms with Crippen molar-refractivity contribution in [1.82, 2.24) is 9.61 Å². The van der Waals surface area contributed by atoms with Gasteiger partial charge in [-0.2, -0.15) is 5.10 Å². The molecule has 3 rings (SSSR count). The van der Waals surface area contributed by atoms with Gasteiger partial charge >= 0.3 is 7.12 Å². The van der Waals surface area contributed by atoms with Gasteiger partial charge in [-0.25, -0.2) is 13.3 Å². The molecule has 2 aromatic heterocycles. The van der Waals surface area contributed by atoms with Crippen molar-refractivity contribution in [2.45, 2.75) is 38.9 Å². The average Bonchev–Trinajstić information content (AvgIpc) is 2.79. The van der Waals surface area contributed by atoms with Gasteiger partial charge in [0.25, 0.3) is 0 Å².